The normalized spacial score (nSPS) is 17.1. The highest BCUT2D eigenvalue weighted by molar-refractivity contribution is 6.15. The molecule has 13 heteroatoms. The van der Waals surface area contributed by atoms with Gasteiger partial charge in [-0.3, -0.25) is 9.59 Å². The highest BCUT2D eigenvalue weighted by Gasteiger charge is 2.41. The van der Waals surface area contributed by atoms with E-state index in [4.69, 9.17) is 5.73 Å². The van der Waals surface area contributed by atoms with Crippen molar-refractivity contribution >= 4 is 38.9 Å². The Kier molecular flexibility index (Phi) is 7.15. The van der Waals surface area contributed by atoms with Crippen molar-refractivity contribution in [3.8, 4) is 11.8 Å². The summed E-state index contributed by atoms with van der Waals surface area (Å²) < 4.78 is 33.0. The van der Waals surface area contributed by atoms with Crippen LogP contribution in [-0.2, 0) is 16.5 Å². The third-order valence-electron chi connectivity index (χ3n) is 6.13. The lowest BCUT2D eigenvalue weighted by Gasteiger charge is -2.27. The highest BCUT2D eigenvalue weighted by Crippen LogP contribution is 2.32. The van der Waals surface area contributed by atoms with Gasteiger partial charge in [-0.25, -0.2) is 18.4 Å². The molecule has 2 amide bonds. The lowest BCUT2D eigenvalue weighted by molar-refractivity contribution is -0.125. The Morgan fingerprint density at radius 2 is 2.16 bits per heavy atom. The fraction of sp³-hybridized carbons (Fsp3) is 0.333. The van der Waals surface area contributed by atoms with Gasteiger partial charge >= 0.3 is 0 Å². The smallest absolute Gasteiger partial charge is 0.255 e. The molecule has 3 heterocycles. The molecule has 4 rings (SSSR count). The summed E-state index contributed by atoms with van der Waals surface area (Å²) in [5.74, 6) is 2.18. The van der Waals surface area contributed by atoms with Crippen molar-refractivity contribution in [1.82, 2.24) is 24.2 Å². The Morgan fingerprint density at radius 1 is 1.41 bits per heavy atom. The minimum Gasteiger partial charge on any atom is -0.395 e. The standard InChI is InChI=1S/C24H24F2N7O3Si/c1-3-18(35)32-9-7-24(37,12-32)33-23(28-8-10-34)19(22(27)36)16(30-33)6-5-14-15(25)11-17-21(20(14)26)29-13-31(17)4-2/h3,11,13,28,34H,1,4,7-10,12H2,2H3,(H2,27,36)/t24-/m1/s1. The van der Waals surface area contributed by atoms with Gasteiger partial charge in [0.25, 0.3) is 5.91 Å². The van der Waals surface area contributed by atoms with Gasteiger partial charge in [-0.05, 0) is 25.3 Å². The first-order chi connectivity index (χ1) is 17.6. The number of aliphatic hydroxyl groups is 1. The number of carbonyl (C=O) groups excluding carboxylic acids is 2. The minimum absolute atomic E-state index is 0.0319. The first-order valence-electron chi connectivity index (χ1n) is 11.4. The molecule has 191 valence electrons. The van der Waals surface area contributed by atoms with Gasteiger partial charge < -0.3 is 25.6 Å². The van der Waals surface area contributed by atoms with Crippen LogP contribution in [0.5, 0.6) is 0 Å². The molecular weight excluding hydrogens is 500 g/mol. The van der Waals surface area contributed by atoms with Gasteiger partial charge in [0.05, 0.1) is 39.4 Å². The van der Waals surface area contributed by atoms with Gasteiger partial charge in [-0.2, -0.15) is 5.10 Å². The minimum atomic E-state index is -0.955. The second kappa shape index (κ2) is 10.2. The van der Waals surface area contributed by atoms with Gasteiger partial charge in [0.2, 0.25) is 5.91 Å². The molecule has 0 aliphatic carbocycles. The van der Waals surface area contributed by atoms with E-state index in [-0.39, 0.29) is 48.2 Å². The molecule has 1 aromatic carbocycles. The summed E-state index contributed by atoms with van der Waals surface area (Å²) in [5.41, 5.74) is 5.13. The molecule has 0 saturated carbocycles. The predicted octanol–water partition coefficient (Wildman–Crippen LogP) is 0.673. The Labute approximate surface area is 214 Å². The van der Waals surface area contributed by atoms with Crippen LogP contribution in [0, 0.1) is 23.5 Å². The Balaban J connectivity index is 1.84. The van der Waals surface area contributed by atoms with Crippen LogP contribution in [0.1, 0.15) is 35.0 Å². The lowest BCUT2D eigenvalue weighted by atomic mass is 10.1. The van der Waals surface area contributed by atoms with Crippen molar-refractivity contribution < 1.29 is 23.5 Å². The number of rotatable bonds is 7. The third-order valence-corrected chi connectivity index (χ3v) is 6.75. The zero-order valence-electron chi connectivity index (χ0n) is 20.0. The van der Waals surface area contributed by atoms with Crippen LogP contribution < -0.4 is 11.1 Å². The van der Waals surface area contributed by atoms with Gasteiger partial charge in [-0.15, -0.1) is 0 Å². The molecule has 1 fully saturated rings. The van der Waals surface area contributed by atoms with E-state index in [2.05, 4.69) is 44.1 Å². The number of halogens is 2. The van der Waals surface area contributed by atoms with Gasteiger partial charge in [-0.1, -0.05) is 12.5 Å². The zero-order chi connectivity index (χ0) is 26.9. The first kappa shape index (κ1) is 26.1. The van der Waals surface area contributed by atoms with Gasteiger partial charge in [0.1, 0.15) is 22.7 Å². The van der Waals surface area contributed by atoms with Crippen LogP contribution in [0.15, 0.2) is 25.0 Å². The number of nitrogens with two attached hydrogens (primary N) is 1. The van der Waals surface area contributed by atoms with Crippen LogP contribution >= 0.6 is 0 Å². The molecule has 2 aromatic heterocycles. The summed E-state index contributed by atoms with van der Waals surface area (Å²) in [6.07, 6.45) is 3.01. The van der Waals surface area contributed by atoms with Crippen LogP contribution in [0.25, 0.3) is 11.0 Å². The molecule has 1 aliphatic rings. The van der Waals surface area contributed by atoms with E-state index in [1.807, 2.05) is 6.92 Å². The number of likely N-dealkylation sites (tertiary alicyclic amines) is 1. The molecule has 0 spiro atoms. The number of aromatic nitrogens is 4. The Morgan fingerprint density at radius 3 is 2.81 bits per heavy atom. The number of hydrogen-bond donors (Lipinski definition) is 3. The number of nitrogens with zero attached hydrogens (tertiary/aromatic N) is 5. The number of amides is 2. The Bertz CT molecular complexity index is 1470. The van der Waals surface area contributed by atoms with E-state index >= 15 is 4.39 Å². The fourth-order valence-electron chi connectivity index (χ4n) is 4.29. The van der Waals surface area contributed by atoms with Gasteiger partial charge in [0.15, 0.2) is 11.5 Å². The van der Waals surface area contributed by atoms with E-state index in [0.29, 0.717) is 25.0 Å². The number of imidazole rings is 1. The average molecular weight is 525 g/mol. The van der Waals surface area contributed by atoms with Crippen LogP contribution in [0.3, 0.4) is 0 Å². The van der Waals surface area contributed by atoms with Crippen molar-refractivity contribution in [3.05, 3.63) is 53.5 Å². The fourth-order valence-corrected chi connectivity index (χ4v) is 4.75. The quantitative estimate of drug-likeness (QED) is 0.237. The summed E-state index contributed by atoms with van der Waals surface area (Å²) in [5, 5.41) is 15.7. The van der Waals surface area contributed by atoms with E-state index in [0.717, 1.165) is 6.07 Å². The first-order valence-corrected chi connectivity index (χ1v) is 11.9. The summed E-state index contributed by atoms with van der Waals surface area (Å²) in [7, 11) is 3.69. The lowest BCUT2D eigenvalue weighted by Crippen LogP contribution is -2.40. The number of aryl methyl sites for hydroxylation is 1. The van der Waals surface area contributed by atoms with E-state index in [1.165, 1.54) is 17.1 Å². The molecule has 0 bridgehead atoms. The number of nitrogens with one attached hydrogen (secondary N) is 1. The number of anilines is 1. The maximum absolute atomic E-state index is 15.1. The van der Waals surface area contributed by atoms with Crippen LogP contribution in [-0.4, -0.2) is 77.6 Å². The summed E-state index contributed by atoms with van der Waals surface area (Å²) >= 11 is 0. The van der Waals surface area contributed by atoms with E-state index < -0.39 is 28.3 Å². The number of carbonyl (C=O) groups is 2. The van der Waals surface area contributed by atoms with Crippen molar-refractivity contribution in [2.45, 2.75) is 25.1 Å². The molecule has 1 atom stereocenters. The predicted molar refractivity (Wildman–Crippen MR) is 133 cm³/mol. The van der Waals surface area contributed by atoms with Crippen molar-refractivity contribution in [2.75, 3.05) is 31.6 Å². The third kappa shape index (κ3) is 4.61. The molecule has 1 aliphatic heterocycles. The van der Waals surface area contributed by atoms with Crippen molar-refractivity contribution in [2.24, 2.45) is 5.73 Å². The summed E-state index contributed by atoms with van der Waals surface area (Å²) in [6, 6.07) is 1.15. The summed E-state index contributed by atoms with van der Waals surface area (Å²) in [4.78, 5) is 30.2. The molecular formula is C24H24F2N7O3Si. The monoisotopic (exact) mass is 524 g/mol. The summed E-state index contributed by atoms with van der Waals surface area (Å²) in [6.45, 7) is 6.14. The molecule has 3 radical (unpaired) electrons. The zero-order valence-corrected chi connectivity index (χ0v) is 21.0. The highest BCUT2D eigenvalue weighted by atomic mass is 28.1. The number of hydrogen-bond acceptors (Lipinski definition) is 6. The van der Waals surface area contributed by atoms with E-state index in [1.54, 1.807) is 9.47 Å². The SMILES string of the molecule is C=CC(=O)N1CC[C@]([Si])(n2nc(C#Cc3c(F)cc4c(ncn4CC)c3F)c(C(N)=O)c2NCCO)C1. The maximum atomic E-state index is 15.1. The molecule has 4 N–H and O–H groups in total. The van der Waals surface area contributed by atoms with Crippen LogP contribution in [0.2, 0.25) is 0 Å². The number of aliphatic hydroxyl groups excluding tert-OH is 1. The van der Waals surface area contributed by atoms with Crippen molar-refractivity contribution in [3.63, 3.8) is 0 Å². The van der Waals surface area contributed by atoms with Crippen molar-refractivity contribution in [1.29, 1.82) is 0 Å². The number of primary amides is 1. The molecule has 3 aromatic rings. The largest absolute Gasteiger partial charge is 0.395 e. The van der Waals surface area contributed by atoms with Crippen LogP contribution in [0.4, 0.5) is 14.6 Å². The molecule has 1 saturated heterocycles. The Hall–Kier alpha value is -4.02. The second-order valence-electron chi connectivity index (χ2n) is 8.44. The second-order valence-corrected chi connectivity index (χ2v) is 9.37. The maximum Gasteiger partial charge on any atom is 0.255 e. The van der Waals surface area contributed by atoms with Gasteiger partial charge in [0, 0.05) is 32.2 Å². The molecule has 37 heavy (non-hydrogen) atoms. The topological polar surface area (TPSA) is 131 Å². The number of fused-ring (bicyclic) bond motifs is 1. The average Bonchev–Trinajstić information content (AvgIpc) is 3.57. The molecule has 10 nitrogen and oxygen atoms in total. The molecule has 0 unspecified atom stereocenters. The number of benzene rings is 1. The van der Waals surface area contributed by atoms with E-state index in [9.17, 15) is 19.1 Å².